The zero-order valence-corrected chi connectivity index (χ0v) is 17.8. The van der Waals surface area contributed by atoms with Gasteiger partial charge in [0.2, 0.25) is 5.95 Å². The lowest BCUT2D eigenvalue weighted by molar-refractivity contribution is -0.385. The van der Waals surface area contributed by atoms with E-state index in [1.54, 1.807) is 12.3 Å². The topological polar surface area (TPSA) is 118 Å². The van der Waals surface area contributed by atoms with Gasteiger partial charge in [-0.1, -0.05) is 60.7 Å². The predicted molar refractivity (Wildman–Crippen MR) is 129 cm³/mol. The Morgan fingerprint density at radius 3 is 2.21 bits per heavy atom. The van der Waals surface area contributed by atoms with E-state index in [-0.39, 0.29) is 5.69 Å². The molecule has 2 aromatic heterocycles. The molecule has 0 saturated carbocycles. The van der Waals surface area contributed by atoms with Crippen molar-refractivity contribution < 1.29 is 4.92 Å². The van der Waals surface area contributed by atoms with E-state index in [4.69, 9.17) is 4.98 Å². The molecule has 0 aliphatic heterocycles. The highest BCUT2D eigenvalue weighted by Crippen LogP contribution is 2.26. The third-order valence-corrected chi connectivity index (χ3v) is 4.83. The Morgan fingerprint density at radius 2 is 1.52 bits per heavy atom. The Bertz CT molecular complexity index is 1190. The number of hydrogen-bond donors (Lipinski definition) is 3. The fourth-order valence-electron chi connectivity index (χ4n) is 3.17. The average Bonchev–Trinajstić information content (AvgIpc) is 2.87. The van der Waals surface area contributed by atoms with Crippen LogP contribution in [0.5, 0.6) is 0 Å². The van der Waals surface area contributed by atoms with Gasteiger partial charge in [-0.2, -0.15) is 0 Å². The Morgan fingerprint density at radius 1 is 0.788 bits per heavy atom. The molecule has 2 heterocycles. The second kappa shape index (κ2) is 10.7. The minimum atomic E-state index is -0.474. The van der Waals surface area contributed by atoms with Crippen molar-refractivity contribution in [2.75, 3.05) is 29.0 Å². The summed E-state index contributed by atoms with van der Waals surface area (Å²) in [6, 6.07) is 23.1. The molecule has 3 N–H and O–H groups in total. The summed E-state index contributed by atoms with van der Waals surface area (Å²) >= 11 is 0. The standard InChI is InChI=1S/C24H23N7O2/c32-31(33)20-11-12-22(28-16-20)25-13-14-26-24-29-17-21(27-15-18-7-3-1-4-8-18)23(30-24)19-9-5-2-6-10-19/h1-12,16-17,27H,13-15H2,(H,25,28)(H,26,29,30). The molecule has 9 heteroatoms. The van der Waals surface area contributed by atoms with Crippen molar-refractivity contribution in [3.8, 4) is 11.3 Å². The van der Waals surface area contributed by atoms with Crippen LogP contribution in [0, 0.1) is 10.1 Å². The molecule has 0 unspecified atom stereocenters. The first-order valence-corrected chi connectivity index (χ1v) is 10.5. The van der Waals surface area contributed by atoms with Crippen LogP contribution in [-0.4, -0.2) is 33.0 Å². The molecular weight excluding hydrogens is 418 g/mol. The first-order chi connectivity index (χ1) is 16.2. The lowest BCUT2D eigenvalue weighted by atomic mass is 10.1. The van der Waals surface area contributed by atoms with Crippen molar-refractivity contribution in [3.63, 3.8) is 0 Å². The van der Waals surface area contributed by atoms with Crippen LogP contribution < -0.4 is 16.0 Å². The van der Waals surface area contributed by atoms with Crippen LogP contribution in [-0.2, 0) is 6.54 Å². The largest absolute Gasteiger partial charge is 0.378 e. The van der Waals surface area contributed by atoms with Crippen LogP contribution in [0.2, 0.25) is 0 Å². The quantitative estimate of drug-likeness (QED) is 0.186. The van der Waals surface area contributed by atoms with Crippen LogP contribution in [0.1, 0.15) is 5.56 Å². The Balaban J connectivity index is 1.40. The van der Waals surface area contributed by atoms with Gasteiger partial charge in [0.1, 0.15) is 12.0 Å². The second-order valence-corrected chi connectivity index (χ2v) is 7.17. The first-order valence-electron chi connectivity index (χ1n) is 10.5. The molecule has 0 spiro atoms. The highest BCUT2D eigenvalue weighted by Gasteiger charge is 2.10. The molecule has 9 nitrogen and oxygen atoms in total. The SMILES string of the molecule is O=[N+]([O-])c1ccc(NCCNc2ncc(NCc3ccccc3)c(-c3ccccc3)n2)nc1. The number of pyridine rings is 1. The monoisotopic (exact) mass is 441 g/mol. The Labute approximate surface area is 191 Å². The molecule has 4 aromatic rings. The van der Waals surface area contributed by atoms with Gasteiger partial charge in [0, 0.05) is 31.3 Å². The molecule has 0 bridgehead atoms. The molecule has 0 saturated heterocycles. The zero-order valence-electron chi connectivity index (χ0n) is 17.8. The van der Waals surface area contributed by atoms with Gasteiger partial charge >= 0.3 is 0 Å². The fraction of sp³-hybridized carbons (Fsp3) is 0.125. The molecule has 33 heavy (non-hydrogen) atoms. The molecule has 4 rings (SSSR count). The smallest absolute Gasteiger partial charge is 0.287 e. The van der Waals surface area contributed by atoms with Gasteiger partial charge in [-0.25, -0.2) is 15.0 Å². The molecule has 0 radical (unpaired) electrons. The van der Waals surface area contributed by atoms with Crippen LogP contribution >= 0.6 is 0 Å². The summed E-state index contributed by atoms with van der Waals surface area (Å²) in [6.45, 7) is 1.76. The van der Waals surface area contributed by atoms with Gasteiger partial charge in [0.15, 0.2) is 0 Å². The maximum atomic E-state index is 10.7. The van der Waals surface area contributed by atoms with Crippen molar-refractivity contribution in [2.45, 2.75) is 6.54 Å². The summed E-state index contributed by atoms with van der Waals surface area (Å²) in [5.41, 5.74) is 3.79. The number of rotatable bonds is 10. The van der Waals surface area contributed by atoms with Crippen molar-refractivity contribution in [3.05, 3.63) is 101 Å². The van der Waals surface area contributed by atoms with Gasteiger partial charge in [0.25, 0.3) is 5.69 Å². The summed E-state index contributed by atoms with van der Waals surface area (Å²) in [4.78, 5) is 23.5. The van der Waals surface area contributed by atoms with E-state index in [1.165, 1.54) is 17.8 Å². The van der Waals surface area contributed by atoms with E-state index < -0.39 is 4.92 Å². The summed E-state index contributed by atoms with van der Waals surface area (Å²) in [6.07, 6.45) is 3.01. The number of benzene rings is 2. The first kappa shape index (κ1) is 21.7. The van der Waals surface area contributed by atoms with Crippen LogP contribution in [0.25, 0.3) is 11.3 Å². The number of anilines is 3. The number of aromatic nitrogens is 3. The van der Waals surface area contributed by atoms with E-state index in [0.29, 0.717) is 31.4 Å². The molecule has 0 fully saturated rings. The van der Waals surface area contributed by atoms with Crippen LogP contribution in [0.3, 0.4) is 0 Å². The summed E-state index contributed by atoms with van der Waals surface area (Å²) in [7, 11) is 0. The van der Waals surface area contributed by atoms with Gasteiger partial charge < -0.3 is 16.0 Å². The fourth-order valence-corrected chi connectivity index (χ4v) is 3.17. The van der Waals surface area contributed by atoms with E-state index in [1.807, 2.05) is 48.5 Å². The van der Waals surface area contributed by atoms with E-state index in [2.05, 4.69) is 38.1 Å². The molecule has 0 atom stereocenters. The average molecular weight is 441 g/mol. The lowest BCUT2D eigenvalue weighted by Gasteiger charge is -2.14. The lowest BCUT2D eigenvalue weighted by Crippen LogP contribution is -2.16. The molecule has 2 aromatic carbocycles. The summed E-state index contributed by atoms with van der Waals surface area (Å²) in [5, 5.41) is 20.5. The highest BCUT2D eigenvalue weighted by molar-refractivity contribution is 5.74. The maximum Gasteiger partial charge on any atom is 0.287 e. The van der Waals surface area contributed by atoms with Crippen molar-refractivity contribution in [2.24, 2.45) is 0 Å². The molecule has 0 aliphatic carbocycles. The zero-order chi connectivity index (χ0) is 22.9. The van der Waals surface area contributed by atoms with E-state index in [9.17, 15) is 10.1 Å². The van der Waals surface area contributed by atoms with Crippen molar-refractivity contribution in [1.29, 1.82) is 0 Å². The summed E-state index contributed by atoms with van der Waals surface area (Å²) in [5.74, 6) is 1.08. The number of nitrogens with one attached hydrogen (secondary N) is 3. The molecule has 166 valence electrons. The Hall–Kier alpha value is -4.53. The molecular formula is C24H23N7O2. The highest BCUT2D eigenvalue weighted by atomic mass is 16.6. The van der Waals surface area contributed by atoms with Gasteiger partial charge in [-0.15, -0.1) is 0 Å². The maximum absolute atomic E-state index is 10.7. The van der Waals surface area contributed by atoms with Crippen molar-refractivity contribution in [1.82, 2.24) is 15.0 Å². The van der Waals surface area contributed by atoms with Crippen LogP contribution in [0.4, 0.5) is 23.1 Å². The Kier molecular flexibility index (Phi) is 7.01. The van der Waals surface area contributed by atoms with E-state index in [0.717, 1.165) is 16.9 Å². The number of nitro groups is 1. The third kappa shape index (κ3) is 6.01. The molecule has 0 amide bonds. The van der Waals surface area contributed by atoms with Crippen LogP contribution in [0.15, 0.2) is 85.2 Å². The predicted octanol–water partition coefficient (Wildman–Crippen LogP) is 4.58. The third-order valence-electron chi connectivity index (χ3n) is 4.83. The van der Waals surface area contributed by atoms with Gasteiger partial charge in [-0.3, -0.25) is 10.1 Å². The normalized spacial score (nSPS) is 10.4. The van der Waals surface area contributed by atoms with E-state index >= 15 is 0 Å². The minimum absolute atomic E-state index is 0.0403. The molecule has 0 aliphatic rings. The minimum Gasteiger partial charge on any atom is -0.378 e. The number of nitrogens with zero attached hydrogens (tertiary/aromatic N) is 4. The van der Waals surface area contributed by atoms with Gasteiger partial charge in [-0.05, 0) is 11.6 Å². The summed E-state index contributed by atoms with van der Waals surface area (Å²) < 4.78 is 0. The van der Waals surface area contributed by atoms with Crippen molar-refractivity contribution >= 4 is 23.1 Å². The second-order valence-electron chi connectivity index (χ2n) is 7.17. The number of hydrogen-bond acceptors (Lipinski definition) is 8. The van der Waals surface area contributed by atoms with Gasteiger partial charge in [0.05, 0.1) is 22.5 Å².